The molecular formula is C27H34FN5O4S. The van der Waals surface area contributed by atoms with E-state index in [9.17, 15) is 17.6 Å². The second-order valence-electron chi connectivity index (χ2n) is 10.6. The first-order chi connectivity index (χ1) is 18.1. The van der Waals surface area contributed by atoms with Crippen LogP contribution in [0.25, 0.3) is 11.3 Å². The number of nitrogens with one attached hydrogen (secondary N) is 2. The molecule has 204 valence electrons. The molecule has 11 heteroatoms. The predicted molar refractivity (Wildman–Crippen MR) is 143 cm³/mol. The van der Waals surface area contributed by atoms with Crippen molar-refractivity contribution in [3.8, 4) is 17.0 Å². The molecular weight excluding hydrogens is 509 g/mol. The van der Waals surface area contributed by atoms with Crippen LogP contribution >= 0.6 is 0 Å². The molecule has 1 aromatic carbocycles. The van der Waals surface area contributed by atoms with Crippen LogP contribution in [0.15, 0.2) is 47.6 Å². The SMILES string of the molecule is CC(C)COc1cc(F)cc(-c2ccc(C(=O)NS(=O)(=O)c3ccn[nH]3)c(N3CCC4(CCC4)CC3)n2)c1.[HH]. The fourth-order valence-electron chi connectivity index (χ4n) is 5.08. The van der Waals surface area contributed by atoms with Crippen LogP contribution < -0.4 is 14.4 Å². The minimum absolute atomic E-state index is 0. The average Bonchev–Trinajstić information content (AvgIpc) is 3.42. The Labute approximate surface area is 223 Å². The van der Waals surface area contributed by atoms with E-state index >= 15 is 0 Å². The largest absolute Gasteiger partial charge is 0.493 e. The Balaban J connectivity index is 0.00000353. The molecule has 0 atom stereocenters. The monoisotopic (exact) mass is 543 g/mol. The second kappa shape index (κ2) is 10.4. The van der Waals surface area contributed by atoms with Crippen LogP contribution in [0.2, 0.25) is 0 Å². The number of ether oxygens (including phenoxy) is 1. The number of H-pyrrole nitrogens is 1. The summed E-state index contributed by atoms with van der Waals surface area (Å²) in [6.07, 6.45) is 6.94. The van der Waals surface area contributed by atoms with Gasteiger partial charge in [-0.3, -0.25) is 9.89 Å². The zero-order chi connectivity index (χ0) is 26.9. The molecule has 5 rings (SSSR count). The van der Waals surface area contributed by atoms with Crippen molar-refractivity contribution in [3.63, 3.8) is 0 Å². The molecule has 1 spiro atoms. The van der Waals surface area contributed by atoms with Crippen LogP contribution in [0.5, 0.6) is 5.75 Å². The van der Waals surface area contributed by atoms with Crippen molar-refractivity contribution >= 4 is 21.7 Å². The second-order valence-corrected chi connectivity index (χ2v) is 12.3. The lowest BCUT2D eigenvalue weighted by Crippen LogP contribution is -2.44. The Morgan fingerprint density at radius 2 is 1.95 bits per heavy atom. The number of hydrogen-bond donors (Lipinski definition) is 2. The molecule has 1 aliphatic carbocycles. The molecule has 1 saturated heterocycles. The van der Waals surface area contributed by atoms with E-state index in [2.05, 4.69) is 14.9 Å². The smallest absolute Gasteiger partial charge is 0.281 e. The van der Waals surface area contributed by atoms with Gasteiger partial charge in [-0.05, 0) is 67.3 Å². The van der Waals surface area contributed by atoms with Crippen LogP contribution in [-0.4, -0.2) is 49.2 Å². The van der Waals surface area contributed by atoms with Gasteiger partial charge in [-0.2, -0.15) is 13.5 Å². The summed E-state index contributed by atoms with van der Waals surface area (Å²) in [5, 5.41) is 5.81. The predicted octanol–water partition coefficient (Wildman–Crippen LogP) is 4.78. The molecule has 0 radical (unpaired) electrons. The number of sulfonamides is 1. The Morgan fingerprint density at radius 1 is 1.18 bits per heavy atom. The number of aromatic nitrogens is 3. The van der Waals surface area contributed by atoms with E-state index in [4.69, 9.17) is 9.72 Å². The highest BCUT2D eigenvalue weighted by Gasteiger charge is 2.40. The number of aromatic amines is 1. The molecule has 2 aromatic heterocycles. The average molecular weight is 544 g/mol. The lowest BCUT2D eigenvalue weighted by molar-refractivity contribution is 0.0946. The van der Waals surface area contributed by atoms with Crippen LogP contribution in [-0.2, 0) is 10.0 Å². The molecule has 9 nitrogen and oxygen atoms in total. The zero-order valence-corrected chi connectivity index (χ0v) is 22.4. The highest BCUT2D eigenvalue weighted by Crippen LogP contribution is 2.49. The molecule has 2 aliphatic rings. The summed E-state index contributed by atoms with van der Waals surface area (Å²) in [7, 11) is -4.14. The van der Waals surface area contributed by atoms with Crippen molar-refractivity contribution < 1.29 is 23.8 Å². The number of anilines is 1. The highest BCUT2D eigenvalue weighted by molar-refractivity contribution is 7.90. The summed E-state index contributed by atoms with van der Waals surface area (Å²) in [6.45, 7) is 5.88. The molecule has 2 N–H and O–H groups in total. The molecule has 0 unspecified atom stereocenters. The number of carbonyl (C=O) groups excluding carboxylic acids is 1. The maximum atomic E-state index is 14.5. The number of nitrogens with zero attached hydrogens (tertiary/aromatic N) is 3. The van der Waals surface area contributed by atoms with E-state index in [1.165, 1.54) is 43.7 Å². The third kappa shape index (κ3) is 5.52. The van der Waals surface area contributed by atoms with Gasteiger partial charge in [0.25, 0.3) is 15.9 Å². The van der Waals surface area contributed by atoms with E-state index < -0.39 is 21.7 Å². The number of amides is 1. The third-order valence-corrected chi connectivity index (χ3v) is 8.66. The van der Waals surface area contributed by atoms with Gasteiger partial charge in [-0.15, -0.1) is 0 Å². The van der Waals surface area contributed by atoms with Gasteiger partial charge in [0.15, 0.2) is 5.03 Å². The van der Waals surface area contributed by atoms with E-state index in [1.54, 1.807) is 18.2 Å². The Hall–Kier alpha value is -3.47. The zero-order valence-electron chi connectivity index (χ0n) is 21.5. The molecule has 1 amide bonds. The first-order valence-electron chi connectivity index (χ1n) is 12.9. The standard InChI is InChI=1S/C27H32FN5O4S.H2/c1-18(2)17-37-21-15-19(14-20(28)16-21)23-5-4-22(26(34)32-38(35,36)24-6-11-29-31-24)25(30-23)33-12-9-27(10-13-33)7-3-8-27;/h4-6,11,14-16,18H,3,7-10,12-13,17H2,1-2H3,(H,29,31)(H,32,34);1H. The van der Waals surface area contributed by atoms with Gasteiger partial charge in [0.2, 0.25) is 0 Å². The first kappa shape index (κ1) is 26.1. The summed E-state index contributed by atoms with van der Waals surface area (Å²) in [6, 6.07) is 8.83. The van der Waals surface area contributed by atoms with E-state index in [-0.39, 0.29) is 17.9 Å². The highest BCUT2D eigenvalue weighted by atomic mass is 32.2. The Kier molecular flexibility index (Phi) is 7.13. The summed E-state index contributed by atoms with van der Waals surface area (Å²) < 4.78 is 47.7. The topological polar surface area (TPSA) is 117 Å². The van der Waals surface area contributed by atoms with Crippen LogP contribution in [0.3, 0.4) is 0 Å². The van der Waals surface area contributed by atoms with Crippen molar-refractivity contribution in [2.75, 3.05) is 24.6 Å². The summed E-state index contributed by atoms with van der Waals surface area (Å²) in [5.74, 6) is -0.197. The van der Waals surface area contributed by atoms with Gasteiger partial charge in [0, 0.05) is 26.1 Å². The minimum atomic E-state index is -4.14. The van der Waals surface area contributed by atoms with Crippen molar-refractivity contribution in [1.29, 1.82) is 0 Å². The number of hydrogen-bond acceptors (Lipinski definition) is 7. The first-order valence-corrected chi connectivity index (χ1v) is 14.4. The maximum absolute atomic E-state index is 14.5. The lowest BCUT2D eigenvalue weighted by atomic mass is 9.63. The minimum Gasteiger partial charge on any atom is -0.493 e. The fraction of sp³-hybridized carbons (Fsp3) is 0.444. The molecule has 1 aliphatic heterocycles. The number of halogens is 1. The van der Waals surface area contributed by atoms with E-state index in [0.717, 1.165) is 12.8 Å². The molecule has 2 fully saturated rings. The summed E-state index contributed by atoms with van der Waals surface area (Å²) in [4.78, 5) is 20.1. The molecule has 3 heterocycles. The number of piperidine rings is 1. The van der Waals surface area contributed by atoms with Crippen molar-refractivity contribution in [1.82, 2.24) is 19.9 Å². The number of benzene rings is 1. The van der Waals surface area contributed by atoms with Gasteiger partial charge in [0.1, 0.15) is 17.4 Å². The van der Waals surface area contributed by atoms with Crippen LogP contribution in [0, 0.1) is 17.2 Å². The van der Waals surface area contributed by atoms with Crippen molar-refractivity contribution in [3.05, 3.63) is 54.0 Å². The van der Waals surface area contributed by atoms with Gasteiger partial charge < -0.3 is 9.64 Å². The quantitative estimate of drug-likeness (QED) is 0.420. The van der Waals surface area contributed by atoms with E-state index in [1.807, 2.05) is 18.7 Å². The van der Waals surface area contributed by atoms with Gasteiger partial charge in [0.05, 0.1) is 24.1 Å². The molecule has 3 aromatic rings. The Morgan fingerprint density at radius 3 is 2.58 bits per heavy atom. The van der Waals surface area contributed by atoms with Gasteiger partial charge in [-0.25, -0.2) is 14.1 Å². The summed E-state index contributed by atoms with van der Waals surface area (Å²) >= 11 is 0. The Bertz CT molecular complexity index is 1420. The van der Waals surface area contributed by atoms with E-state index in [0.29, 0.717) is 47.9 Å². The normalized spacial score (nSPS) is 16.9. The van der Waals surface area contributed by atoms with Gasteiger partial charge >= 0.3 is 0 Å². The third-order valence-electron chi connectivity index (χ3n) is 7.40. The molecule has 1 saturated carbocycles. The van der Waals surface area contributed by atoms with Crippen molar-refractivity contribution in [2.24, 2.45) is 11.3 Å². The maximum Gasteiger partial charge on any atom is 0.281 e. The number of rotatable bonds is 8. The lowest BCUT2D eigenvalue weighted by Gasteiger charge is -2.48. The van der Waals surface area contributed by atoms with Crippen LogP contribution in [0.4, 0.5) is 10.2 Å². The van der Waals surface area contributed by atoms with Crippen molar-refractivity contribution in [2.45, 2.75) is 51.0 Å². The number of pyridine rings is 1. The summed E-state index contributed by atoms with van der Waals surface area (Å²) in [5.41, 5.74) is 1.47. The fourth-order valence-corrected chi connectivity index (χ4v) is 5.96. The number of carbonyl (C=O) groups is 1. The van der Waals surface area contributed by atoms with Crippen LogP contribution in [0.1, 0.15) is 57.7 Å². The molecule has 0 bridgehead atoms. The molecule has 38 heavy (non-hydrogen) atoms. The van der Waals surface area contributed by atoms with Gasteiger partial charge in [-0.1, -0.05) is 20.3 Å².